The Kier molecular flexibility index (Phi) is 5.77. The number of piperazine rings is 1. The Hall–Kier alpha value is -0.0800. The highest BCUT2D eigenvalue weighted by molar-refractivity contribution is 4.77. The molecule has 1 unspecified atom stereocenters. The van der Waals surface area contributed by atoms with Crippen molar-refractivity contribution in [3.8, 4) is 0 Å². The van der Waals surface area contributed by atoms with E-state index < -0.39 is 0 Å². The maximum Gasteiger partial charge on any atom is 0.0113 e. The molecule has 0 bridgehead atoms. The van der Waals surface area contributed by atoms with Crippen LogP contribution in [0.5, 0.6) is 0 Å². The molecule has 0 spiro atoms. The summed E-state index contributed by atoms with van der Waals surface area (Å²) >= 11 is 0. The summed E-state index contributed by atoms with van der Waals surface area (Å²) < 4.78 is 0. The highest BCUT2D eigenvalue weighted by Gasteiger charge is 2.21. The summed E-state index contributed by atoms with van der Waals surface area (Å²) in [7, 11) is 0. The lowest BCUT2D eigenvalue weighted by Gasteiger charge is -2.39. The van der Waals surface area contributed by atoms with E-state index in [1.807, 2.05) is 0 Å². The second-order valence-corrected chi connectivity index (χ2v) is 6.21. The molecule has 1 aliphatic heterocycles. The fourth-order valence-electron chi connectivity index (χ4n) is 2.73. The standard InChI is InChI=1S/C14H30N2/c1-12(2)10-14(5)16-8-6-15(7-9-16)11-13(3)4/h12-14H,6-11H2,1-5H3. The van der Waals surface area contributed by atoms with E-state index in [2.05, 4.69) is 44.4 Å². The summed E-state index contributed by atoms with van der Waals surface area (Å²) in [5.41, 5.74) is 0. The van der Waals surface area contributed by atoms with Crippen LogP contribution in [0.1, 0.15) is 41.0 Å². The fourth-order valence-corrected chi connectivity index (χ4v) is 2.73. The van der Waals surface area contributed by atoms with E-state index in [1.165, 1.54) is 39.1 Å². The van der Waals surface area contributed by atoms with Crippen LogP contribution in [-0.2, 0) is 0 Å². The van der Waals surface area contributed by atoms with Crippen LogP contribution in [-0.4, -0.2) is 48.6 Å². The van der Waals surface area contributed by atoms with Gasteiger partial charge in [-0.1, -0.05) is 27.7 Å². The minimum atomic E-state index is 0.765. The van der Waals surface area contributed by atoms with E-state index in [0.29, 0.717) is 0 Å². The van der Waals surface area contributed by atoms with Crippen molar-refractivity contribution >= 4 is 0 Å². The van der Waals surface area contributed by atoms with Crippen LogP contribution in [0.2, 0.25) is 0 Å². The molecule has 0 N–H and O–H groups in total. The first-order valence-electron chi connectivity index (χ1n) is 6.95. The predicted octanol–water partition coefficient (Wildman–Crippen LogP) is 2.69. The molecule has 0 radical (unpaired) electrons. The normalized spacial score (nSPS) is 21.9. The van der Waals surface area contributed by atoms with Gasteiger partial charge in [-0.2, -0.15) is 0 Å². The molecule has 0 amide bonds. The van der Waals surface area contributed by atoms with Crippen molar-refractivity contribution < 1.29 is 0 Å². The molecule has 0 aromatic heterocycles. The van der Waals surface area contributed by atoms with E-state index in [0.717, 1.165) is 17.9 Å². The lowest BCUT2D eigenvalue weighted by molar-refractivity contribution is 0.0871. The smallest absolute Gasteiger partial charge is 0.0113 e. The first kappa shape index (κ1) is 14.0. The van der Waals surface area contributed by atoms with Gasteiger partial charge in [0.15, 0.2) is 0 Å². The Morgan fingerprint density at radius 1 is 0.812 bits per heavy atom. The summed E-state index contributed by atoms with van der Waals surface area (Å²) in [6, 6.07) is 0.765. The van der Waals surface area contributed by atoms with E-state index >= 15 is 0 Å². The van der Waals surface area contributed by atoms with Crippen molar-refractivity contribution in [2.45, 2.75) is 47.1 Å². The highest BCUT2D eigenvalue weighted by Crippen LogP contribution is 2.14. The summed E-state index contributed by atoms with van der Waals surface area (Å²) in [4.78, 5) is 5.28. The largest absolute Gasteiger partial charge is 0.301 e. The van der Waals surface area contributed by atoms with Crippen LogP contribution in [0.25, 0.3) is 0 Å². The molecule has 1 atom stereocenters. The Balaban J connectivity index is 2.25. The average Bonchev–Trinajstić information content (AvgIpc) is 2.16. The maximum atomic E-state index is 2.66. The van der Waals surface area contributed by atoms with Crippen LogP contribution in [0.4, 0.5) is 0 Å². The van der Waals surface area contributed by atoms with Gasteiger partial charge in [0.25, 0.3) is 0 Å². The van der Waals surface area contributed by atoms with Gasteiger partial charge >= 0.3 is 0 Å². The zero-order valence-electron chi connectivity index (χ0n) is 11.9. The third kappa shape index (κ3) is 4.84. The molecule has 1 saturated heterocycles. The number of rotatable bonds is 5. The van der Waals surface area contributed by atoms with Gasteiger partial charge in [0, 0.05) is 38.8 Å². The molecule has 0 aromatic carbocycles. The number of hydrogen-bond donors (Lipinski definition) is 0. The molecular formula is C14H30N2. The minimum Gasteiger partial charge on any atom is -0.301 e. The van der Waals surface area contributed by atoms with Crippen molar-refractivity contribution in [2.24, 2.45) is 11.8 Å². The number of nitrogens with zero attached hydrogens (tertiary/aromatic N) is 2. The zero-order valence-corrected chi connectivity index (χ0v) is 11.9. The van der Waals surface area contributed by atoms with E-state index in [-0.39, 0.29) is 0 Å². The molecule has 1 fully saturated rings. The molecule has 0 saturated carbocycles. The van der Waals surface area contributed by atoms with Crippen molar-refractivity contribution in [2.75, 3.05) is 32.7 Å². The molecule has 1 aliphatic rings. The minimum absolute atomic E-state index is 0.765. The van der Waals surface area contributed by atoms with Crippen LogP contribution in [0, 0.1) is 11.8 Å². The van der Waals surface area contributed by atoms with E-state index in [9.17, 15) is 0 Å². The monoisotopic (exact) mass is 226 g/mol. The lowest BCUT2D eigenvalue weighted by Crippen LogP contribution is -2.50. The van der Waals surface area contributed by atoms with Crippen LogP contribution >= 0.6 is 0 Å². The number of hydrogen-bond acceptors (Lipinski definition) is 2. The Morgan fingerprint density at radius 2 is 1.38 bits per heavy atom. The second-order valence-electron chi connectivity index (χ2n) is 6.21. The first-order valence-corrected chi connectivity index (χ1v) is 6.95. The molecule has 2 heteroatoms. The summed E-state index contributed by atoms with van der Waals surface area (Å²) in [6.45, 7) is 18.0. The van der Waals surface area contributed by atoms with Gasteiger partial charge < -0.3 is 4.90 Å². The van der Waals surface area contributed by atoms with Gasteiger partial charge in [0.2, 0.25) is 0 Å². The van der Waals surface area contributed by atoms with Gasteiger partial charge in [0.05, 0.1) is 0 Å². The van der Waals surface area contributed by atoms with Gasteiger partial charge in [-0.15, -0.1) is 0 Å². The molecule has 0 aliphatic carbocycles. The second kappa shape index (κ2) is 6.61. The molecule has 16 heavy (non-hydrogen) atoms. The van der Waals surface area contributed by atoms with Gasteiger partial charge in [0.1, 0.15) is 0 Å². The quantitative estimate of drug-likeness (QED) is 0.711. The van der Waals surface area contributed by atoms with Gasteiger partial charge in [-0.3, -0.25) is 4.90 Å². The maximum absolute atomic E-state index is 2.66. The topological polar surface area (TPSA) is 6.48 Å². The van der Waals surface area contributed by atoms with E-state index in [1.54, 1.807) is 0 Å². The lowest BCUT2D eigenvalue weighted by atomic mass is 10.0. The zero-order chi connectivity index (χ0) is 12.1. The van der Waals surface area contributed by atoms with Crippen molar-refractivity contribution in [3.63, 3.8) is 0 Å². The summed E-state index contributed by atoms with van der Waals surface area (Å²) in [6.07, 6.45) is 1.34. The van der Waals surface area contributed by atoms with Crippen LogP contribution < -0.4 is 0 Å². The Morgan fingerprint density at radius 3 is 1.81 bits per heavy atom. The molecule has 1 rings (SSSR count). The average molecular weight is 226 g/mol. The summed E-state index contributed by atoms with van der Waals surface area (Å²) in [5, 5.41) is 0. The Labute approximate surface area is 102 Å². The van der Waals surface area contributed by atoms with Crippen molar-refractivity contribution in [1.82, 2.24) is 9.80 Å². The Bertz CT molecular complexity index is 181. The third-order valence-electron chi connectivity index (χ3n) is 3.47. The van der Waals surface area contributed by atoms with Crippen molar-refractivity contribution in [1.29, 1.82) is 0 Å². The van der Waals surface area contributed by atoms with Gasteiger partial charge in [-0.05, 0) is 25.2 Å². The predicted molar refractivity (Wildman–Crippen MR) is 71.8 cm³/mol. The van der Waals surface area contributed by atoms with Crippen molar-refractivity contribution in [3.05, 3.63) is 0 Å². The highest BCUT2D eigenvalue weighted by atomic mass is 15.3. The SMILES string of the molecule is CC(C)CC(C)N1CCN(CC(C)C)CC1. The fraction of sp³-hybridized carbons (Fsp3) is 1.00. The molecular weight excluding hydrogens is 196 g/mol. The van der Waals surface area contributed by atoms with E-state index in [4.69, 9.17) is 0 Å². The molecule has 1 heterocycles. The molecule has 96 valence electrons. The first-order chi connectivity index (χ1) is 7.49. The van der Waals surface area contributed by atoms with Crippen LogP contribution in [0.15, 0.2) is 0 Å². The molecule has 2 nitrogen and oxygen atoms in total. The van der Waals surface area contributed by atoms with Gasteiger partial charge in [-0.25, -0.2) is 0 Å². The third-order valence-corrected chi connectivity index (χ3v) is 3.47. The van der Waals surface area contributed by atoms with Crippen LogP contribution in [0.3, 0.4) is 0 Å². The molecule has 0 aromatic rings. The summed E-state index contributed by atoms with van der Waals surface area (Å²) in [5.74, 6) is 1.63.